The fourth-order valence-corrected chi connectivity index (χ4v) is 6.82. The summed E-state index contributed by atoms with van der Waals surface area (Å²) in [5.41, 5.74) is 0.680. The molecule has 0 atom stereocenters. The van der Waals surface area contributed by atoms with E-state index < -0.39 is 20.0 Å². The van der Waals surface area contributed by atoms with Gasteiger partial charge in [0.25, 0.3) is 0 Å². The first-order chi connectivity index (χ1) is 11.2. The monoisotopic (exact) mass is 376 g/mol. The first-order valence-corrected chi connectivity index (χ1v) is 12.4. The molecule has 7 heteroatoms. The zero-order valence-electron chi connectivity index (χ0n) is 13.4. The molecule has 0 aliphatic rings. The number of hydrogen-bond donors (Lipinski definition) is 2. The van der Waals surface area contributed by atoms with E-state index in [9.17, 15) is 19.8 Å². The number of benzene rings is 1. The molecule has 0 aliphatic carbocycles. The van der Waals surface area contributed by atoms with Crippen molar-refractivity contribution in [2.75, 3.05) is 0 Å². The predicted molar refractivity (Wildman–Crippen MR) is 102 cm³/mol. The number of thiophene rings is 2. The molecule has 2 heterocycles. The summed E-state index contributed by atoms with van der Waals surface area (Å²) in [4.78, 5) is 23.5. The Morgan fingerprint density at radius 1 is 0.917 bits per heavy atom. The Morgan fingerprint density at radius 2 is 1.58 bits per heavy atom. The molecule has 124 valence electrons. The van der Waals surface area contributed by atoms with Gasteiger partial charge in [0, 0.05) is 19.8 Å². The molecule has 0 aliphatic heterocycles. The molecule has 3 aromatic rings. The van der Waals surface area contributed by atoms with Crippen LogP contribution in [0.15, 0.2) is 30.3 Å². The fraction of sp³-hybridized carbons (Fsp3) is 0.176. The molecule has 0 fully saturated rings. The maximum Gasteiger partial charge on any atom is 0.336 e. The third-order valence-electron chi connectivity index (χ3n) is 3.71. The van der Waals surface area contributed by atoms with E-state index in [0.717, 1.165) is 14.3 Å². The van der Waals surface area contributed by atoms with Crippen LogP contribution < -0.4 is 4.50 Å². The smallest absolute Gasteiger partial charge is 0.336 e. The number of rotatable bonds is 4. The highest BCUT2D eigenvalue weighted by atomic mass is 32.1. The zero-order valence-corrected chi connectivity index (χ0v) is 16.0. The van der Waals surface area contributed by atoms with Crippen LogP contribution in [0.5, 0.6) is 0 Å². The molecule has 1 aromatic carbocycles. The van der Waals surface area contributed by atoms with Crippen molar-refractivity contribution in [3.8, 4) is 10.4 Å². The highest BCUT2D eigenvalue weighted by Crippen LogP contribution is 2.38. The summed E-state index contributed by atoms with van der Waals surface area (Å²) in [5.74, 6) is -2.12. The normalized spacial score (nSPS) is 11.8. The zero-order chi connectivity index (χ0) is 17.6. The molecule has 0 radical (unpaired) electrons. The van der Waals surface area contributed by atoms with E-state index in [1.165, 1.54) is 34.0 Å². The van der Waals surface area contributed by atoms with Crippen LogP contribution in [-0.2, 0) is 0 Å². The summed E-state index contributed by atoms with van der Waals surface area (Å²) in [5, 5.41) is 18.6. The standard InChI is InChI=1S/C17H16O4S2Si/c1-24(2,3)15-8-14-13(23-15)7-12(22-14)11-6-9(16(18)19)4-5-10(11)17(20)21/h4-8H,1-3H3,(H,18,19)(H,20,21). The van der Waals surface area contributed by atoms with Crippen LogP contribution in [0, 0.1) is 0 Å². The van der Waals surface area contributed by atoms with Gasteiger partial charge in [0.1, 0.15) is 0 Å². The second-order valence-corrected chi connectivity index (χ2v) is 14.1. The topological polar surface area (TPSA) is 74.6 Å². The van der Waals surface area contributed by atoms with Crippen LogP contribution in [-0.4, -0.2) is 30.2 Å². The lowest BCUT2D eigenvalue weighted by atomic mass is 10.0. The van der Waals surface area contributed by atoms with Crippen molar-refractivity contribution in [3.63, 3.8) is 0 Å². The molecule has 2 N–H and O–H groups in total. The summed E-state index contributed by atoms with van der Waals surface area (Å²) >= 11 is 3.27. The summed E-state index contributed by atoms with van der Waals surface area (Å²) in [6.45, 7) is 6.88. The largest absolute Gasteiger partial charge is 0.478 e. The molecule has 0 saturated carbocycles. The van der Waals surface area contributed by atoms with Crippen molar-refractivity contribution in [1.29, 1.82) is 0 Å². The molecule has 24 heavy (non-hydrogen) atoms. The van der Waals surface area contributed by atoms with Crippen LogP contribution in [0.1, 0.15) is 20.7 Å². The van der Waals surface area contributed by atoms with Gasteiger partial charge < -0.3 is 10.2 Å². The second-order valence-electron chi connectivity index (χ2n) is 6.57. The van der Waals surface area contributed by atoms with Crippen molar-refractivity contribution < 1.29 is 19.8 Å². The van der Waals surface area contributed by atoms with E-state index in [0.29, 0.717) is 5.56 Å². The summed E-state index contributed by atoms with van der Waals surface area (Å²) in [6, 6.07) is 8.31. The molecule has 4 nitrogen and oxygen atoms in total. The summed E-state index contributed by atoms with van der Waals surface area (Å²) in [7, 11) is -1.38. The molecular formula is C17H16O4S2Si. The van der Waals surface area contributed by atoms with Crippen molar-refractivity contribution in [2.24, 2.45) is 0 Å². The predicted octanol–water partition coefficient (Wildman–Crippen LogP) is 4.57. The molecule has 0 saturated heterocycles. The maximum absolute atomic E-state index is 11.5. The number of aromatic carboxylic acids is 2. The first-order valence-electron chi connectivity index (χ1n) is 7.31. The quantitative estimate of drug-likeness (QED) is 0.654. The van der Waals surface area contributed by atoms with E-state index in [2.05, 4.69) is 25.7 Å². The summed E-state index contributed by atoms with van der Waals surface area (Å²) in [6.07, 6.45) is 0. The van der Waals surface area contributed by atoms with Crippen molar-refractivity contribution >= 4 is 56.6 Å². The molecule has 0 amide bonds. The number of hydrogen-bond acceptors (Lipinski definition) is 4. The van der Waals surface area contributed by atoms with Gasteiger partial charge >= 0.3 is 11.9 Å². The van der Waals surface area contributed by atoms with Crippen LogP contribution in [0.3, 0.4) is 0 Å². The molecule has 3 rings (SSSR count). The van der Waals surface area contributed by atoms with Gasteiger partial charge in [-0.25, -0.2) is 9.59 Å². The van der Waals surface area contributed by atoms with Gasteiger partial charge in [0.05, 0.1) is 19.2 Å². The van der Waals surface area contributed by atoms with Gasteiger partial charge in [0.2, 0.25) is 0 Å². The Balaban J connectivity index is 2.15. The SMILES string of the molecule is C[Si](C)(C)c1cc2sc(-c3cc(C(=O)O)ccc3C(=O)O)cc2s1. The van der Waals surface area contributed by atoms with Crippen LogP contribution in [0.2, 0.25) is 19.6 Å². The molecule has 0 spiro atoms. The van der Waals surface area contributed by atoms with Gasteiger partial charge in [-0.3, -0.25) is 0 Å². The Kier molecular flexibility index (Phi) is 4.11. The van der Waals surface area contributed by atoms with Crippen LogP contribution >= 0.6 is 22.7 Å². The highest BCUT2D eigenvalue weighted by Gasteiger charge is 2.22. The molecule has 0 bridgehead atoms. The van der Waals surface area contributed by atoms with Crippen molar-refractivity contribution in [2.45, 2.75) is 19.6 Å². The minimum Gasteiger partial charge on any atom is -0.478 e. The first kappa shape index (κ1) is 16.9. The highest BCUT2D eigenvalue weighted by molar-refractivity contribution is 7.36. The Labute approximate surface area is 148 Å². The van der Waals surface area contributed by atoms with E-state index in [1.807, 2.05) is 6.07 Å². The average molecular weight is 377 g/mol. The minimum absolute atomic E-state index is 0.0922. The molecular weight excluding hydrogens is 360 g/mol. The summed E-state index contributed by atoms with van der Waals surface area (Å²) < 4.78 is 3.67. The van der Waals surface area contributed by atoms with Gasteiger partial charge in [-0.15, -0.1) is 22.7 Å². The van der Waals surface area contributed by atoms with E-state index in [1.54, 1.807) is 11.3 Å². The van der Waals surface area contributed by atoms with Gasteiger partial charge in [-0.2, -0.15) is 0 Å². The number of carboxylic acids is 2. The number of fused-ring (bicyclic) bond motifs is 1. The lowest BCUT2D eigenvalue weighted by molar-refractivity contribution is 0.0682. The Bertz CT molecular complexity index is 931. The second kappa shape index (κ2) is 5.84. The minimum atomic E-state index is -1.38. The number of carboxylic acid groups (broad SMARTS) is 2. The third kappa shape index (κ3) is 3.02. The lowest BCUT2D eigenvalue weighted by Gasteiger charge is -2.12. The van der Waals surface area contributed by atoms with Gasteiger partial charge in [-0.05, 0) is 34.8 Å². The lowest BCUT2D eigenvalue weighted by Crippen LogP contribution is -2.34. The maximum atomic E-state index is 11.5. The average Bonchev–Trinajstić information content (AvgIpc) is 3.04. The Hall–Kier alpha value is -1.96. The van der Waals surface area contributed by atoms with Crippen LogP contribution in [0.25, 0.3) is 19.8 Å². The van der Waals surface area contributed by atoms with Crippen LogP contribution in [0.4, 0.5) is 0 Å². The van der Waals surface area contributed by atoms with Crippen molar-refractivity contribution in [1.82, 2.24) is 0 Å². The molecule has 2 aromatic heterocycles. The number of carbonyl (C=O) groups is 2. The Morgan fingerprint density at radius 3 is 2.12 bits per heavy atom. The fourth-order valence-electron chi connectivity index (χ4n) is 2.41. The van der Waals surface area contributed by atoms with Crippen molar-refractivity contribution in [3.05, 3.63) is 41.5 Å². The van der Waals surface area contributed by atoms with E-state index >= 15 is 0 Å². The van der Waals surface area contributed by atoms with E-state index in [4.69, 9.17) is 0 Å². The van der Waals surface area contributed by atoms with E-state index in [-0.39, 0.29) is 11.1 Å². The van der Waals surface area contributed by atoms with Gasteiger partial charge in [-0.1, -0.05) is 19.6 Å². The third-order valence-corrected chi connectivity index (χ3v) is 9.61. The van der Waals surface area contributed by atoms with Gasteiger partial charge in [0.15, 0.2) is 0 Å². The molecule has 0 unspecified atom stereocenters.